The van der Waals surface area contributed by atoms with E-state index in [0.29, 0.717) is 43.0 Å². The van der Waals surface area contributed by atoms with Gasteiger partial charge in [-0.1, -0.05) is 0 Å². The maximum Gasteiger partial charge on any atom is 0.254 e. The molecular formula is C20H30ClN3O4. The second-order valence-corrected chi connectivity index (χ2v) is 7.25. The van der Waals surface area contributed by atoms with Crippen molar-refractivity contribution in [3.8, 4) is 11.5 Å². The molecule has 7 nitrogen and oxygen atoms in total. The molecular weight excluding hydrogens is 382 g/mol. The number of piperazine rings is 1. The largest absolute Gasteiger partial charge is 0.497 e. The number of likely N-dealkylation sites (tertiary alicyclic amines) is 1. The number of carbonyl (C=O) groups is 2. The molecule has 0 spiro atoms. The molecule has 0 aromatic heterocycles. The summed E-state index contributed by atoms with van der Waals surface area (Å²) >= 11 is 0. The van der Waals surface area contributed by atoms with Crippen LogP contribution in [0.2, 0.25) is 0 Å². The van der Waals surface area contributed by atoms with E-state index in [1.54, 1.807) is 32.4 Å². The van der Waals surface area contributed by atoms with Crippen LogP contribution in [0.15, 0.2) is 18.2 Å². The van der Waals surface area contributed by atoms with E-state index in [1.165, 1.54) is 0 Å². The number of ether oxygens (including phenoxy) is 2. The van der Waals surface area contributed by atoms with Gasteiger partial charge < -0.3 is 24.6 Å². The zero-order chi connectivity index (χ0) is 19.4. The smallest absolute Gasteiger partial charge is 0.254 e. The summed E-state index contributed by atoms with van der Waals surface area (Å²) in [6.45, 7) is 5.73. The third kappa shape index (κ3) is 4.89. The number of hydrogen-bond donors (Lipinski definition) is 1. The highest BCUT2D eigenvalue weighted by Crippen LogP contribution is 2.26. The Morgan fingerprint density at radius 1 is 1.04 bits per heavy atom. The van der Waals surface area contributed by atoms with Crippen LogP contribution in [0.3, 0.4) is 0 Å². The summed E-state index contributed by atoms with van der Waals surface area (Å²) in [7, 11) is 3.13. The first-order valence-corrected chi connectivity index (χ1v) is 9.57. The molecule has 1 N–H and O–H groups in total. The molecule has 2 aliphatic rings. The second kappa shape index (κ2) is 9.98. The van der Waals surface area contributed by atoms with E-state index in [1.807, 2.05) is 9.80 Å². The van der Waals surface area contributed by atoms with Gasteiger partial charge >= 0.3 is 0 Å². The summed E-state index contributed by atoms with van der Waals surface area (Å²) in [5.74, 6) is 1.38. The van der Waals surface area contributed by atoms with E-state index in [0.717, 1.165) is 19.6 Å². The SMILES string of the molecule is COc1cc(OC)cc(C(=O)N2CCC(C(=O)N3CCNCC3C)CC2)c1.Cl. The van der Waals surface area contributed by atoms with Crippen LogP contribution in [0.5, 0.6) is 11.5 Å². The Balaban J connectivity index is 0.00000280. The van der Waals surface area contributed by atoms with Crippen LogP contribution in [0.1, 0.15) is 30.1 Å². The van der Waals surface area contributed by atoms with E-state index in [4.69, 9.17) is 9.47 Å². The summed E-state index contributed by atoms with van der Waals surface area (Å²) in [5, 5.41) is 3.31. The summed E-state index contributed by atoms with van der Waals surface area (Å²) in [6, 6.07) is 5.43. The Morgan fingerprint density at radius 2 is 1.64 bits per heavy atom. The van der Waals surface area contributed by atoms with Crippen LogP contribution < -0.4 is 14.8 Å². The maximum atomic E-state index is 12.9. The fraction of sp³-hybridized carbons (Fsp3) is 0.600. The van der Waals surface area contributed by atoms with Crippen molar-refractivity contribution < 1.29 is 19.1 Å². The highest BCUT2D eigenvalue weighted by molar-refractivity contribution is 5.95. The predicted molar refractivity (Wildman–Crippen MR) is 109 cm³/mol. The van der Waals surface area contributed by atoms with Gasteiger partial charge in [0.05, 0.1) is 14.2 Å². The number of nitrogens with one attached hydrogen (secondary N) is 1. The molecule has 2 saturated heterocycles. The van der Waals surface area contributed by atoms with Gasteiger partial charge in [0.25, 0.3) is 5.91 Å². The second-order valence-electron chi connectivity index (χ2n) is 7.25. The van der Waals surface area contributed by atoms with E-state index in [2.05, 4.69) is 12.2 Å². The Bertz CT molecular complexity index is 670. The molecule has 1 unspecified atom stereocenters. The summed E-state index contributed by atoms with van der Waals surface area (Å²) in [6.07, 6.45) is 1.42. The maximum absolute atomic E-state index is 12.9. The number of halogens is 1. The molecule has 1 aromatic rings. The van der Waals surface area contributed by atoms with Crippen molar-refractivity contribution in [2.45, 2.75) is 25.8 Å². The average Bonchev–Trinajstić information content (AvgIpc) is 2.72. The summed E-state index contributed by atoms with van der Waals surface area (Å²) < 4.78 is 10.5. The Kier molecular flexibility index (Phi) is 7.95. The molecule has 2 fully saturated rings. The summed E-state index contributed by atoms with van der Waals surface area (Å²) in [5.41, 5.74) is 0.548. The summed E-state index contributed by atoms with van der Waals surface area (Å²) in [4.78, 5) is 29.5. The van der Waals surface area contributed by atoms with Crippen LogP contribution in [-0.2, 0) is 4.79 Å². The van der Waals surface area contributed by atoms with Gasteiger partial charge in [-0.05, 0) is 31.9 Å². The van der Waals surface area contributed by atoms with E-state index in [9.17, 15) is 9.59 Å². The van der Waals surface area contributed by atoms with E-state index >= 15 is 0 Å². The highest BCUT2D eigenvalue weighted by atomic mass is 35.5. The molecule has 2 heterocycles. The number of benzene rings is 1. The minimum atomic E-state index is -0.0476. The lowest BCUT2D eigenvalue weighted by Gasteiger charge is -2.39. The molecule has 8 heteroatoms. The predicted octanol–water partition coefficient (Wildman–Crippen LogP) is 1.80. The number of carbonyl (C=O) groups excluding carboxylic acids is 2. The van der Waals surface area contributed by atoms with Gasteiger partial charge in [-0.2, -0.15) is 0 Å². The van der Waals surface area contributed by atoms with Crippen LogP contribution in [0.25, 0.3) is 0 Å². The molecule has 156 valence electrons. The van der Waals surface area contributed by atoms with Gasteiger partial charge in [-0.25, -0.2) is 0 Å². The van der Waals surface area contributed by atoms with Crippen LogP contribution in [0, 0.1) is 5.92 Å². The molecule has 0 bridgehead atoms. The van der Waals surface area contributed by atoms with Gasteiger partial charge in [0, 0.05) is 56.3 Å². The van der Waals surface area contributed by atoms with E-state index in [-0.39, 0.29) is 36.2 Å². The number of hydrogen-bond acceptors (Lipinski definition) is 5. The lowest BCUT2D eigenvalue weighted by molar-refractivity contribution is -0.139. The lowest BCUT2D eigenvalue weighted by atomic mass is 9.94. The van der Waals surface area contributed by atoms with Gasteiger partial charge in [0.2, 0.25) is 5.91 Å². The van der Waals surface area contributed by atoms with Crippen molar-refractivity contribution in [2.75, 3.05) is 46.9 Å². The zero-order valence-corrected chi connectivity index (χ0v) is 17.6. The fourth-order valence-corrected chi connectivity index (χ4v) is 3.85. The van der Waals surface area contributed by atoms with Crippen LogP contribution in [0.4, 0.5) is 0 Å². The first kappa shape index (κ1) is 22.3. The third-order valence-electron chi connectivity index (χ3n) is 5.51. The average molecular weight is 412 g/mol. The molecule has 2 aliphatic heterocycles. The quantitative estimate of drug-likeness (QED) is 0.818. The number of nitrogens with zero attached hydrogens (tertiary/aromatic N) is 2. The van der Waals surface area contributed by atoms with E-state index < -0.39 is 0 Å². The first-order chi connectivity index (χ1) is 13.0. The minimum Gasteiger partial charge on any atom is -0.497 e. The molecule has 0 aliphatic carbocycles. The normalized spacial score (nSPS) is 20.3. The number of methoxy groups -OCH3 is 2. The van der Waals surface area contributed by atoms with Crippen molar-refractivity contribution >= 4 is 24.2 Å². The molecule has 1 atom stereocenters. The van der Waals surface area contributed by atoms with Crippen molar-refractivity contribution in [3.05, 3.63) is 23.8 Å². The topological polar surface area (TPSA) is 71.1 Å². The molecule has 0 saturated carbocycles. The van der Waals surface area contributed by atoms with Crippen molar-refractivity contribution in [2.24, 2.45) is 5.92 Å². The highest BCUT2D eigenvalue weighted by Gasteiger charge is 2.33. The van der Waals surface area contributed by atoms with Gasteiger partial charge in [-0.3, -0.25) is 9.59 Å². The van der Waals surface area contributed by atoms with Crippen molar-refractivity contribution in [1.82, 2.24) is 15.1 Å². The molecule has 28 heavy (non-hydrogen) atoms. The zero-order valence-electron chi connectivity index (χ0n) is 16.8. The van der Waals surface area contributed by atoms with Crippen LogP contribution >= 0.6 is 12.4 Å². The molecule has 2 amide bonds. The first-order valence-electron chi connectivity index (χ1n) is 9.57. The molecule has 0 radical (unpaired) electrons. The standard InChI is InChI=1S/C20H29N3O4.ClH/c1-14-13-21-6-9-23(14)20(25)15-4-7-22(8-5-15)19(24)16-10-17(26-2)12-18(11-16)27-3;/h10-12,14-15,21H,4-9,13H2,1-3H3;1H. The van der Waals surface area contributed by atoms with Gasteiger partial charge in [0.1, 0.15) is 11.5 Å². The molecule has 1 aromatic carbocycles. The Morgan fingerprint density at radius 3 is 2.18 bits per heavy atom. The molecule has 3 rings (SSSR count). The van der Waals surface area contributed by atoms with Crippen molar-refractivity contribution in [3.63, 3.8) is 0 Å². The number of piperidine rings is 1. The monoisotopic (exact) mass is 411 g/mol. The number of rotatable bonds is 4. The van der Waals surface area contributed by atoms with Crippen LogP contribution in [-0.4, -0.2) is 74.6 Å². The Hall–Kier alpha value is -1.99. The van der Waals surface area contributed by atoms with Crippen molar-refractivity contribution in [1.29, 1.82) is 0 Å². The third-order valence-corrected chi connectivity index (χ3v) is 5.51. The van der Waals surface area contributed by atoms with Gasteiger partial charge in [-0.15, -0.1) is 12.4 Å². The van der Waals surface area contributed by atoms with Gasteiger partial charge in [0.15, 0.2) is 0 Å². The lowest BCUT2D eigenvalue weighted by Crippen LogP contribution is -2.55. The Labute approximate surface area is 172 Å². The minimum absolute atomic E-state index is 0. The fourth-order valence-electron chi connectivity index (χ4n) is 3.85. The number of amides is 2.